The Balaban J connectivity index is 1.14. The molecule has 4 atom stereocenters. The summed E-state index contributed by atoms with van der Waals surface area (Å²) in [5, 5.41) is 2.29. The number of allylic oxidation sites excluding steroid dienone is 1. The van der Waals surface area contributed by atoms with Crippen LogP contribution in [0, 0.1) is 5.41 Å². The number of aromatic nitrogens is 1. The molecular weight excluding hydrogens is 723 g/mol. The molecule has 2 aromatic heterocycles. The molecule has 12 rings (SSSR count). The van der Waals surface area contributed by atoms with E-state index < -0.39 is 0 Å². The molecule has 0 amide bonds. The van der Waals surface area contributed by atoms with Crippen LogP contribution in [-0.4, -0.2) is 17.3 Å². The first kappa shape index (κ1) is 34.3. The Hall–Kier alpha value is -6.79. The summed E-state index contributed by atoms with van der Waals surface area (Å²) in [5.41, 5.74) is 14.2. The number of nitrogens with zero attached hydrogens (tertiary/aromatic N) is 5. The van der Waals surface area contributed by atoms with Gasteiger partial charge in [0.05, 0.1) is 17.1 Å². The highest BCUT2D eigenvalue weighted by Gasteiger charge is 2.60. The molecule has 6 heterocycles. The molecule has 0 aliphatic carbocycles. The van der Waals surface area contributed by atoms with Crippen LogP contribution in [0.3, 0.4) is 0 Å². The van der Waals surface area contributed by atoms with Crippen molar-refractivity contribution in [3.05, 3.63) is 187 Å². The van der Waals surface area contributed by atoms with E-state index in [0.717, 1.165) is 59.1 Å². The van der Waals surface area contributed by atoms with Gasteiger partial charge in [-0.15, -0.1) is 0 Å². The summed E-state index contributed by atoms with van der Waals surface area (Å²) in [5.74, 6) is 1.06. The van der Waals surface area contributed by atoms with Crippen molar-refractivity contribution in [3.63, 3.8) is 0 Å². The maximum atomic E-state index is 6.64. The number of para-hydroxylation sites is 5. The first-order chi connectivity index (χ1) is 29.2. The lowest BCUT2D eigenvalue weighted by molar-refractivity contribution is 0.244. The molecule has 6 aromatic carbocycles. The maximum absolute atomic E-state index is 6.64. The Labute approximate surface area is 345 Å². The monoisotopic (exact) mass is 767 g/mol. The number of hydrogen-bond donors (Lipinski definition) is 0. The molecule has 4 aliphatic heterocycles. The van der Waals surface area contributed by atoms with Crippen LogP contribution in [0.4, 0.5) is 45.6 Å². The fourth-order valence-electron chi connectivity index (χ4n) is 11.2. The lowest BCUT2D eigenvalue weighted by atomic mass is 9.62. The predicted molar refractivity (Wildman–Crippen MR) is 242 cm³/mol. The third kappa shape index (κ3) is 4.77. The molecule has 0 saturated carbocycles. The summed E-state index contributed by atoms with van der Waals surface area (Å²) in [7, 11) is 0. The van der Waals surface area contributed by atoms with Crippen LogP contribution in [0.15, 0.2) is 180 Å². The van der Waals surface area contributed by atoms with Gasteiger partial charge < -0.3 is 24.0 Å². The highest BCUT2D eigenvalue weighted by molar-refractivity contribution is 6.10. The van der Waals surface area contributed by atoms with Crippen LogP contribution in [0.25, 0.3) is 21.9 Å². The number of pyridine rings is 1. The summed E-state index contributed by atoms with van der Waals surface area (Å²) in [6.45, 7) is 4.76. The summed E-state index contributed by atoms with van der Waals surface area (Å²) < 4.78 is 6.64. The molecule has 0 spiro atoms. The van der Waals surface area contributed by atoms with Crippen LogP contribution in [0.1, 0.15) is 50.2 Å². The minimum atomic E-state index is -0.333. The molecule has 0 bridgehead atoms. The van der Waals surface area contributed by atoms with E-state index in [1.54, 1.807) is 0 Å². The quantitative estimate of drug-likeness (QED) is 0.150. The fraction of sp³-hybridized carbons (Fsp3) is 0.189. The van der Waals surface area contributed by atoms with Gasteiger partial charge in [0, 0.05) is 57.1 Å². The van der Waals surface area contributed by atoms with Crippen molar-refractivity contribution in [2.45, 2.75) is 57.8 Å². The number of anilines is 8. The van der Waals surface area contributed by atoms with Gasteiger partial charge in [-0.05, 0) is 91.1 Å². The Kier molecular flexibility index (Phi) is 7.62. The Morgan fingerprint density at radius 3 is 2.10 bits per heavy atom. The first-order valence-corrected chi connectivity index (χ1v) is 21.2. The standard InChI is InChI=1S/C53H45N5O/c1-3-5-26-41(49-39-25-13-16-28-43(39)58-50-44(29-18-31-54-50)55(51(49)58)36-20-8-6-9-21-36)53(4-2)34-35-19-12-15-27-42(35)57-46-33-48-40(38-24-14-17-30-47(38)59-48)32-45(46)56(52(53)57)37-22-10-7-11-23-37/h6-33,49,51-52H,3-5,34H2,1-2H3. The average molecular weight is 768 g/mol. The Morgan fingerprint density at radius 2 is 1.31 bits per heavy atom. The van der Waals surface area contributed by atoms with Crippen LogP contribution in [-0.2, 0) is 6.42 Å². The molecule has 288 valence electrons. The zero-order valence-electron chi connectivity index (χ0n) is 33.4. The van der Waals surface area contributed by atoms with Crippen molar-refractivity contribution in [1.82, 2.24) is 4.98 Å². The molecule has 4 unspecified atom stereocenters. The molecule has 0 saturated heterocycles. The van der Waals surface area contributed by atoms with Crippen LogP contribution in [0.2, 0.25) is 0 Å². The van der Waals surface area contributed by atoms with Crippen molar-refractivity contribution in [2.24, 2.45) is 5.41 Å². The Bertz CT molecular complexity index is 2920. The molecule has 0 fully saturated rings. The third-order valence-electron chi connectivity index (χ3n) is 13.6. The van der Waals surface area contributed by atoms with Crippen LogP contribution < -0.4 is 19.6 Å². The molecule has 0 N–H and O–H groups in total. The second-order valence-corrected chi connectivity index (χ2v) is 16.5. The van der Waals surface area contributed by atoms with Crippen molar-refractivity contribution < 1.29 is 4.42 Å². The highest BCUT2D eigenvalue weighted by atomic mass is 16.3. The van der Waals surface area contributed by atoms with E-state index in [9.17, 15) is 0 Å². The zero-order chi connectivity index (χ0) is 39.2. The SMILES string of the molecule is CCCC=C(C1c2ccccc2N2c3ncccc3N(c3ccccc3)C12)C1(CC)Cc2ccccc2N2c3cc4oc5ccccc5c4cc3N(c3ccccc3)C21. The molecule has 4 aliphatic rings. The number of rotatable bonds is 7. The van der Waals surface area contributed by atoms with E-state index in [0.29, 0.717) is 0 Å². The van der Waals surface area contributed by atoms with Gasteiger partial charge >= 0.3 is 0 Å². The Morgan fingerprint density at radius 1 is 0.627 bits per heavy atom. The van der Waals surface area contributed by atoms with E-state index in [-0.39, 0.29) is 23.7 Å². The van der Waals surface area contributed by atoms with Crippen molar-refractivity contribution in [3.8, 4) is 0 Å². The number of benzene rings is 6. The highest BCUT2D eigenvalue weighted by Crippen LogP contribution is 2.66. The summed E-state index contributed by atoms with van der Waals surface area (Å²) in [4.78, 5) is 15.6. The summed E-state index contributed by atoms with van der Waals surface area (Å²) in [6, 6.07) is 57.8. The molecular formula is C53H45N5O. The lowest BCUT2D eigenvalue weighted by Gasteiger charge is -2.54. The minimum Gasteiger partial charge on any atom is -0.456 e. The van der Waals surface area contributed by atoms with Gasteiger partial charge in [0.25, 0.3) is 0 Å². The van der Waals surface area contributed by atoms with Gasteiger partial charge in [0.15, 0.2) is 5.82 Å². The topological polar surface area (TPSA) is 39.0 Å². The fourth-order valence-corrected chi connectivity index (χ4v) is 11.2. The van der Waals surface area contributed by atoms with E-state index in [1.165, 1.54) is 50.8 Å². The number of furan rings is 1. The normalized spacial score (nSPS) is 21.4. The van der Waals surface area contributed by atoms with Gasteiger partial charge in [-0.25, -0.2) is 4.98 Å². The largest absolute Gasteiger partial charge is 0.456 e. The van der Waals surface area contributed by atoms with E-state index in [1.807, 2.05) is 6.20 Å². The molecule has 59 heavy (non-hydrogen) atoms. The lowest BCUT2D eigenvalue weighted by Crippen LogP contribution is -2.57. The van der Waals surface area contributed by atoms with Crippen LogP contribution >= 0.6 is 0 Å². The zero-order valence-corrected chi connectivity index (χ0v) is 33.4. The second kappa shape index (κ2) is 13.1. The van der Waals surface area contributed by atoms with Crippen molar-refractivity contribution in [1.29, 1.82) is 0 Å². The minimum absolute atomic E-state index is 0.0421. The van der Waals surface area contributed by atoms with E-state index in [4.69, 9.17) is 9.40 Å². The average Bonchev–Trinajstić information content (AvgIpc) is 4.03. The molecule has 6 nitrogen and oxygen atoms in total. The first-order valence-electron chi connectivity index (χ1n) is 21.2. The van der Waals surface area contributed by atoms with Gasteiger partial charge in [0.2, 0.25) is 0 Å². The number of hydrogen-bond acceptors (Lipinski definition) is 6. The molecule has 0 radical (unpaired) electrons. The van der Waals surface area contributed by atoms with Crippen LogP contribution in [0.5, 0.6) is 0 Å². The molecule has 6 heteroatoms. The maximum Gasteiger partial charge on any atom is 0.158 e. The number of fused-ring (bicyclic) bond motifs is 13. The smallest absolute Gasteiger partial charge is 0.158 e. The second-order valence-electron chi connectivity index (χ2n) is 16.5. The van der Waals surface area contributed by atoms with Crippen molar-refractivity contribution in [2.75, 3.05) is 19.6 Å². The van der Waals surface area contributed by atoms with Gasteiger partial charge in [-0.2, -0.15) is 0 Å². The summed E-state index contributed by atoms with van der Waals surface area (Å²) in [6.07, 6.45) is 8.41. The predicted octanol–water partition coefficient (Wildman–Crippen LogP) is 13.7. The summed E-state index contributed by atoms with van der Waals surface area (Å²) >= 11 is 0. The van der Waals surface area contributed by atoms with Gasteiger partial charge in [0.1, 0.15) is 23.5 Å². The third-order valence-corrected chi connectivity index (χ3v) is 13.6. The van der Waals surface area contributed by atoms with E-state index in [2.05, 4.69) is 197 Å². The van der Waals surface area contributed by atoms with Gasteiger partial charge in [-0.1, -0.05) is 123 Å². The number of unbranched alkanes of at least 4 members (excludes halogenated alkanes) is 1. The van der Waals surface area contributed by atoms with Gasteiger partial charge in [-0.3, -0.25) is 0 Å². The van der Waals surface area contributed by atoms with E-state index >= 15 is 0 Å². The van der Waals surface area contributed by atoms with Crippen molar-refractivity contribution >= 4 is 67.6 Å². The molecule has 8 aromatic rings.